The van der Waals surface area contributed by atoms with Crippen molar-refractivity contribution in [2.75, 3.05) is 56.5 Å². The highest BCUT2D eigenvalue weighted by Crippen LogP contribution is 2.41. The number of hydrogen-bond donors (Lipinski definition) is 1. The molecule has 1 N–H and O–H groups in total. The molecule has 0 unspecified atom stereocenters. The summed E-state index contributed by atoms with van der Waals surface area (Å²) >= 11 is 1.48. The molecule has 34 heavy (non-hydrogen) atoms. The number of fused-ring (bicyclic) bond motifs is 2. The molecule has 0 spiro atoms. The third kappa shape index (κ3) is 3.97. The molecule has 1 amide bonds. The molecular formula is C24H29N7O2S. The standard InChI is InChI=1S/C24H29N7O2S/c1-14-26-20-22(32)30(3)18-13-25-24(28-21(18)31(4)23(20)34-14)27-17-7-6-16(12-19(17)33-5)15-8-10-29(2)11-9-15/h6-7,12-13,15H,8-11H2,1-5H3,(H,25,27,28). The fraction of sp³-hybridized carbons (Fsp3) is 0.417. The van der Waals surface area contributed by atoms with E-state index in [4.69, 9.17) is 9.72 Å². The Kier molecular flexibility index (Phi) is 5.86. The minimum absolute atomic E-state index is 0.166. The van der Waals surface area contributed by atoms with Gasteiger partial charge in [-0.05, 0) is 63.5 Å². The molecule has 3 aromatic rings. The summed E-state index contributed by atoms with van der Waals surface area (Å²) in [6.07, 6.45) is 3.97. The summed E-state index contributed by atoms with van der Waals surface area (Å²) < 4.78 is 5.71. The van der Waals surface area contributed by atoms with E-state index in [-0.39, 0.29) is 5.91 Å². The van der Waals surface area contributed by atoms with Gasteiger partial charge in [-0.1, -0.05) is 6.07 Å². The number of amides is 1. The maximum absolute atomic E-state index is 13.0. The quantitative estimate of drug-likeness (QED) is 0.597. The van der Waals surface area contributed by atoms with Crippen molar-refractivity contribution in [1.82, 2.24) is 19.9 Å². The van der Waals surface area contributed by atoms with Crippen LogP contribution in [-0.4, -0.2) is 67.1 Å². The maximum atomic E-state index is 13.0. The van der Waals surface area contributed by atoms with Gasteiger partial charge in [0.05, 0.1) is 24.0 Å². The Balaban J connectivity index is 1.45. The van der Waals surface area contributed by atoms with Crippen LogP contribution in [0.2, 0.25) is 0 Å². The minimum atomic E-state index is -0.166. The molecule has 5 rings (SSSR count). The lowest BCUT2D eigenvalue weighted by atomic mass is 9.89. The van der Waals surface area contributed by atoms with Crippen LogP contribution in [0, 0.1) is 6.92 Å². The van der Waals surface area contributed by atoms with Gasteiger partial charge in [-0.2, -0.15) is 4.98 Å². The first-order valence-electron chi connectivity index (χ1n) is 11.4. The highest BCUT2D eigenvalue weighted by atomic mass is 32.1. The van der Waals surface area contributed by atoms with Gasteiger partial charge in [0.1, 0.15) is 16.4 Å². The van der Waals surface area contributed by atoms with Gasteiger partial charge >= 0.3 is 0 Å². The lowest BCUT2D eigenvalue weighted by Gasteiger charge is -2.29. The number of likely N-dealkylation sites (tertiary alicyclic amines) is 1. The molecule has 1 fully saturated rings. The number of nitrogens with one attached hydrogen (secondary N) is 1. The van der Waals surface area contributed by atoms with Crippen LogP contribution in [0.4, 0.5) is 28.1 Å². The van der Waals surface area contributed by atoms with Crippen LogP contribution >= 0.6 is 11.3 Å². The maximum Gasteiger partial charge on any atom is 0.279 e. The first-order valence-corrected chi connectivity index (χ1v) is 12.2. The minimum Gasteiger partial charge on any atom is -0.495 e. The molecule has 178 valence electrons. The van der Waals surface area contributed by atoms with E-state index in [2.05, 4.69) is 39.4 Å². The lowest BCUT2D eigenvalue weighted by Crippen LogP contribution is -2.29. The van der Waals surface area contributed by atoms with Crippen LogP contribution < -0.4 is 19.9 Å². The molecule has 9 nitrogen and oxygen atoms in total. The van der Waals surface area contributed by atoms with Gasteiger partial charge in [-0.3, -0.25) is 4.79 Å². The Hall–Kier alpha value is -3.24. The number of benzene rings is 1. The van der Waals surface area contributed by atoms with E-state index in [1.165, 1.54) is 16.9 Å². The number of anilines is 5. The fourth-order valence-electron chi connectivity index (χ4n) is 4.58. The number of ether oxygens (including phenoxy) is 1. The van der Waals surface area contributed by atoms with Crippen molar-refractivity contribution in [3.05, 3.63) is 40.7 Å². The number of piperidine rings is 1. The van der Waals surface area contributed by atoms with Crippen LogP contribution in [0.5, 0.6) is 5.75 Å². The number of carbonyl (C=O) groups excluding carboxylic acids is 1. The number of carbonyl (C=O) groups is 1. The molecule has 2 aliphatic heterocycles. The average molecular weight is 480 g/mol. The third-order valence-electron chi connectivity index (χ3n) is 6.62. The topological polar surface area (TPSA) is 86.7 Å². The van der Waals surface area contributed by atoms with Gasteiger partial charge < -0.3 is 24.8 Å². The van der Waals surface area contributed by atoms with Crippen molar-refractivity contribution in [2.45, 2.75) is 25.7 Å². The monoisotopic (exact) mass is 479 g/mol. The number of hydrogen-bond acceptors (Lipinski definition) is 9. The molecule has 0 saturated carbocycles. The molecule has 0 bridgehead atoms. The number of thiazole rings is 1. The van der Waals surface area contributed by atoms with Crippen LogP contribution in [0.25, 0.3) is 0 Å². The zero-order chi connectivity index (χ0) is 24.0. The van der Waals surface area contributed by atoms with Crippen molar-refractivity contribution in [3.8, 4) is 5.75 Å². The number of rotatable bonds is 4. The Morgan fingerprint density at radius 1 is 1.12 bits per heavy atom. The second kappa shape index (κ2) is 8.84. The highest BCUT2D eigenvalue weighted by molar-refractivity contribution is 7.16. The summed E-state index contributed by atoms with van der Waals surface area (Å²) in [5.41, 5.74) is 3.16. The molecule has 4 heterocycles. The van der Waals surface area contributed by atoms with Crippen LogP contribution in [0.1, 0.15) is 39.8 Å². The van der Waals surface area contributed by atoms with Gasteiger partial charge in [0.25, 0.3) is 5.91 Å². The number of aromatic nitrogens is 3. The summed E-state index contributed by atoms with van der Waals surface area (Å²) in [5.74, 6) is 2.21. The molecule has 0 atom stereocenters. The summed E-state index contributed by atoms with van der Waals surface area (Å²) in [7, 11) is 7.47. The predicted molar refractivity (Wildman–Crippen MR) is 135 cm³/mol. The Labute approximate surface area is 203 Å². The Bertz CT molecular complexity index is 1240. The molecule has 2 aromatic heterocycles. The average Bonchev–Trinajstić information content (AvgIpc) is 3.22. The largest absolute Gasteiger partial charge is 0.495 e. The second-order valence-corrected chi connectivity index (χ2v) is 10.1. The van der Waals surface area contributed by atoms with E-state index >= 15 is 0 Å². The predicted octanol–water partition coefficient (Wildman–Crippen LogP) is 4.16. The molecular weight excluding hydrogens is 450 g/mol. The smallest absolute Gasteiger partial charge is 0.279 e. The van der Waals surface area contributed by atoms with Crippen LogP contribution in [-0.2, 0) is 0 Å². The SMILES string of the molecule is COc1cc(C2CCN(C)CC2)ccc1Nc1ncc2c(n1)N(C)c1sc(C)nc1C(=O)N2C. The van der Waals surface area contributed by atoms with E-state index < -0.39 is 0 Å². The van der Waals surface area contributed by atoms with E-state index in [0.29, 0.717) is 29.1 Å². The van der Waals surface area contributed by atoms with Gasteiger partial charge in [0, 0.05) is 14.1 Å². The fourth-order valence-corrected chi connectivity index (χ4v) is 5.45. The Morgan fingerprint density at radius 3 is 2.62 bits per heavy atom. The zero-order valence-electron chi connectivity index (χ0n) is 20.1. The van der Waals surface area contributed by atoms with Gasteiger partial charge in [0.2, 0.25) is 5.95 Å². The third-order valence-corrected chi connectivity index (χ3v) is 7.67. The van der Waals surface area contributed by atoms with Gasteiger partial charge in [0.15, 0.2) is 11.5 Å². The zero-order valence-corrected chi connectivity index (χ0v) is 20.9. The second-order valence-electron chi connectivity index (χ2n) is 8.87. The molecule has 0 aliphatic carbocycles. The first-order chi connectivity index (χ1) is 16.4. The number of nitrogens with zero attached hydrogens (tertiary/aromatic N) is 6. The van der Waals surface area contributed by atoms with Crippen molar-refractivity contribution < 1.29 is 9.53 Å². The molecule has 1 saturated heterocycles. The Morgan fingerprint density at radius 2 is 1.88 bits per heavy atom. The molecule has 2 aliphatic rings. The van der Waals surface area contributed by atoms with Gasteiger partial charge in [-0.15, -0.1) is 11.3 Å². The van der Waals surface area contributed by atoms with Crippen molar-refractivity contribution >= 4 is 45.4 Å². The van der Waals surface area contributed by atoms with E-state index in [0.717, 1.165) is 47.4 Å². The van der Waals surface area contributed by atoms with Crippen LogP contribution in [0.15, 0.2) is 24.4 Å². The molecule has 1 aromatic carbocycles. The first kappa shape index (κ1) is 22.5. The van der Waals surface area contributed by atoms with Crippen molar-refractivity contribution in [1.29, 1.82) is 0 Å². The lowest BCUT2D eigenvalue weighted by molar-refractivity contribution is 0.0990. The number of aryl methyl sites for hydroxylation is 1. The normalized spacial score (nSPS) is 16.8. The summed E-state index contributed by atoms with van der Waals surface area (Å²) in [4.78, 5) is 32.5. The van der Waals surface area contributed by atoms with E-state index in [1.807, 2.05) is 24.9 Å². The summed E-state index contributed by atoms with van der Waals surface area (Å²) in [6, 6.07) is 6.31. The molecule has 10 heteroatoms. The summed E-state index contributed by atoms with van der Waals surface area (Å²) in [6.45, 7) is 4.12. The van der Waals surface area contributed by atoms with E-state index in [1.54, 1.807) is 25.3 Å². The number of methoxy groups -OCH3 is 1. The van der Waals surface area contributed by atoms with Gasteiger partial charge in [-0.25, -0.2) is 9.97 Å². The van der Waals surface area contributed by atoms with Crippen LogP contribution in [0.3, 0.4) is 0 Å². The van der Waals surface area contributed by atoms with Crippen molar-refractivity contribution in [2.24, 2.45) is 0 Å². The van der Waals surface area contributed by atoms with E-state index in [9.17, 15) is 4.79 Å². The molecule has 0 radical (unpaired) electrons. The summed E-state index contributed by atoms with van der Waals surface area (Å²) in [5, 5.41) is 4.92. The van der Waals surface area contributed by atoms with Crippen molar-refractivity contribution in [3.63, 3.8) is 0 Å². The highest BCUT2D eigenvalue weighted by Gasteiger charge is 2.32.